The molecule has 20 heavy (non-hydrogen) atoms. The van der Waals surface area contributed by atoms with Gasteiger partial charge in [-0.3, -0.25) is 0 Å². The third-order valence-electron chi connectivity index (χ3n) is 2.81. The van der Waals surface area contributed by atoms with Gasteiger partial charge in [0, 0.05) is 10.7 Å². The minimum Gasteiger partial charge on any atom is -0.332 e. The highest BCUT2D eigenvalue weighted by atomic mass is 35.5. The summed E-state index contributed by atoms with van der Waals surface area (Å²) in [5.41, 5.74) is 3.11. The Morgan fingerprint density at radius 2 is 1.75 bits per heavy atom. The van der Waals surface area contributed by atoms with Crippen LogP contribution in [0.4, 0.5) is 15.8 Å². The van der Waals surface area contributed by atoms with Gasteiger partial charge in [-0.25, -0.2) is 4.39 Å². The highest BCUT2D eigenvalue weighted by molar-refractivity contribution is 7.80. The van der Waals surface area contributed by atoms with E-state index in [4.69, 9.17) is 23.8 Å². The highest BCUT2D eigenvalue weighted by Crippen LogP contribution is 2.20. The summed E-state index contributed by atoms with van der Waals surface area (Å²) in [6.45, 7) is 3.81. The second-order valence-corrected chi connectivity index (χ2v) is 5.37. The maximum absolute atomic E-state index is 13.6. The van der Waals surface area contributed by atoms with E-state index in [0.29, 0.717) is 15.8 Å². The number of benzene rings is 2. The highest BCUT2D eigenvalue weighted by Gasteiger charge is 2.06. The predicted molar refractivity (Wildman–Crippen MR) is 87.2 cm³/mol. The van der Waals surface area contributed by atoms with Crippen LogP contribution in [-0.4, -0.2) is 5.11 Å². The zero-order chi connectivity index (χ0) is 14.7. The van der Waals surface area contributed by atoms with Crippen molar-refractivity contribution >= 4 is 40.3 Å². The van der Waals surface area contributed by atoms with Crippen LogP contribution < -0.4 is 10.6 Å². The molecule has 2 nitrogen and oxygen atoms in total. The molecule has 0 saturated carbocycles. The molecule has 0 saturated heterocycles. The molecule has 2 rings (SSSR count). The summed E-state index contributed by atoms with van der Waals surface area (Å²) >= 11 is 11.1. The molecule has 0 bridgehead atoms. The van der Waals surface area contributed by atoms with E-state index in [0.717, 1.165) is 16.8 Å². The Labute approximate surface area is 128 Å². The number of thiocarbonyl (C=S) groups is 1. The Kier molecular flexibility index (Phi) is 4.57. The third kappa shape index (κ3) is 3.68. The molecule has 5 heteroatoms. The Balaban J connectivity index is 2.11. The average Bonchev–Trinajstić information content (AvgIpc) is 2.37. The van der Waals surface area contributed by atoms with Gasteiger partial charge >= 0.3 is 0 Å². The maximum Gasteiger partial charge on any atom is 0.175 e. The van der Waals surface area contributed by atoms with Crippen molar-refractivity contribution in [2.75, 3.05) is 10.6 Å². The third-order valence-corrected chi connectivity index (χ3v) is 3.25. The minimum absolute atomic E-state index is 0.333. The van der Waals surface area contributed by atoms with Crippen LogP contribution in [0.5, 0.6) is 0 Å². The summed E-state index contributed by atoms with van der Waals surface area (Å²) in [6.07, 6.45) is 0. The molecule has 2 N–H and O–H groups in total. The van der Waals surface area contributed by atoms with E-state index in [-0.39, 0.29) is 5.82 Å². The second-order valence-electron chi connectivity index (χ2n) is 4.52. The first-order valence-corrected chi connectivity index (χ1v) is 6.84. The van der Waals surface area contributed by atoms with E-state index in [1.807, 2.05) is 26.0 Å². The number of nitrogens with one attached hydrogen (secondary N) is 2. The molecule has 0 atom stereocenters. The molecule has 0 amide bonds. The topological polar surface area (TPSA) is 24.1 Å². The average molecular weight is 309 g/mol. The van der Waals surface area contributed by atoms with E-state index in [1.54, 1.807) is 18.2 Å². The lowest BCUT2D eigenvalue weighted by molar-refractivity contribution is 0.632. The molecule has 0 unspecified atom stereocenters. The molecule has 0 fully saturated rings. The molecule has 2 aromatic carbocycles. The van der Waals surface area contributed by atoms with Crippen LogP contribution in [0.1, 0.15) is 11.1 Å². The summed E-state index contributed by atoms with van der Waals surface area (Å²) in [5.74, 6) is -0.340. The van der Waals surface area contributed by atoms with Crippen molar-refractivity contribution in [3.8, 4) is 0 Å². The Bertz CT molecular complexity index is 658. The van der Waals surface area contributed by atoms with Crippen molar-refractivity contribution in [3.63, 3.8) is 0 Å². The maximum atomic E-state index is 13.6. The van der Waals surface area contributed by atoms with Crippen molar-refractivity contribution in [1.82, 2.24) is 0 Å². The predicted octanol–water partition coefficient (Wildman–Crippen LogP) is 4.90. The van der Waals surface area contributed by atoms with Crippen molar-refractivity contribution in [2.24, 2.45) is 0 Å². The quantitative estimate of drug-likeness (QED) is 0.771. The fourth-order valence-electron chi connectivity index (χ4n) is 1.78. The number of aryl methyl sites for hydroxylation is 2. The van der Waals surface area contributed by atoms with Gasteiger partial charge in [-0.15, -0.1) is 0 Å². The van der Waals surface area contributed by atoms with Gasteiger partial charge in [0.2, 0.25) is 0 Å². The standard InChI is InChI=1S/C15H14ClFN2S/c1-9-3-5-12(17)14(7-9)19-15(20)18-13-6-4-11(16)8-10(13)2/h3-8H,1-2H3,(H2,18,19,20). The smallest absolute Gasteiger partial charge is 0.175 e. The summed E-state index contributed by atoms with van der Waals surface area (Å²) in [4.78, 5) is 0. The number of anilines is 2. The fraction of sp³-hybridized carbons (Fsp3) is 0.133. The number of rotatable bonds is 2. The molecule has 0 spiro atoms. The fourth-order valence-corrected chi connectivity index (χ4v) is 2.22. The summed E-state index contributed by atoms with van der Waals surface area (Å²) in [7, 11) is 0. The zero-order valence-corrected chi connectivity index (χ0v) is 12.7. The normalized spacial score (nSPS) is 10.2. The van der Waals surface area contributed by atoms with Crippen LogP contribution in [0.2, 0.25) is 5.02 Å². The summed E-state index contributed by atoms with van der Waals surface area (Å²) in [5, 5.41) is 6.88. The first-order chi connectivity index (χ1) is 9.45. The van der Waals surface area contributed by atoms with Crippen LogP contribution in [-0.2, 0) is 0 Å². The molecule has 104 valence electrons. The zero-order valence-electron chi connectivity index (χ0n) is 11.1. The second kappa shape index (κ2) is 6.20. The van der Waals surface area contributed by atoms with Crippen LogP contribution in [0, 0.1) is 19.7 Å². The van der Waals surface area contributed by atoms with Gasteiger partial charge in [-0.1, -0.05) is 17.7 Å². The Morgan fingerprint density at radius 3 is 2.45 bits per heavy atom. The summed E-state index contributed by atoms with van der Waals surface area (Å²) in [6, 6.07) is 10.3. The van der Waals surface area contributed by atoms with E-state index < -0.39 is 0 Å². The van der Waals surface area contributed by atoms with E-state index in [9.17, 15) is 4.39 Å². The Morgan fingerprint density at radius 1 is 1.05 bits per heavy atom. The number of hydrogen-bond donors (Lipinski definition) is 2. The van der Waals surface area contributed by atoms with Gasteiger partial charge in [0.05, 0.1) is 5.69 Å². The monoisotopic (exact) mass is 308 g/mol. The van der Waals surface area contributed by atoms with Crippen LogP contribution in [0.15, 0.2) is 36.4 Å². The SMILES string of the molecule is Cc1ccc(F)c(NC(=S)Nc2ccc(Cl)cc2C)c1. The molecule has 0 aromatic heterocycles. The van der Waals surface area contributed by atoms with E-state index in [1.165, 1.54) is 6.07 Å². The molecular formula is C15H14ClFN2S. The van der Waals surface area contributed by atoms with Crippen LogP contribution in [0.25, 0.3) is 0 Å². The number of halogens is 2. The van der Waals surface area contributed by atoms with Crippen molar-refractivity contribution < 1.29 is 4.39 Å². The lowest BCUT2D eigenvalue weighted by Crippen LogP contribution is -2.20. The first-order valence-electron chi connectivity index (χ1n) is 6.06. The van der Waals surface area contributed by atoms with E-state index >= 15 is 0 Å². The summed E-state index contributed by atoms with van der Waals surface area (Å²) < 4.78 is 13.6. The minimum atomic E-state index is -0.340. The van der Waals surface area contributed by atoms with Crippen molar-refractivity contribution in [1.29, 1.82) is 0 Å². The molecule has 0 aliphatic heterocycles. The van der Waals surface area contributed by atoms with Crippen LogP contribution >= 0.6 is 23.8 Å². The molecule has 0 aliphatic rings. The van der Waals surface area contributed by atoms with Gasteiger partial charge in [0.25, 0.3) is 0 Å². The van der Waals surface area contributed by atoms with Gasteiger partial charge < -0.3 is 10.6 Å². The first kappa shape index (κ1) is 14.8. The largest absolute Gasteiger partial charge is 0.332 e. The van der Waals surface area contributed by atoms with Crippen LogP contribution in [0.3, 0.4) is 0 Å². The van der Waals surface area contributed by atoms with Gasteiger partial charge in [0.15, 0.2) is 5.11 Å². The molecule has 0 heterocycles. The van der Waals surface area contributed by atoms with Gasteiger partial charge in [-0.05, 0) is 67.5 Å². The van der Waals surface area contributed by atoms with E-state index in [2.05, 4.69) is 10.6 Å². The molecular weight excluding hydrogens is 295 g/mol. The number of hydrogen-bond acceptors (Lipinski definition) is 1. The Hall–Kier alpha value is -1.65. The van der Waals surface area contributed by atoms with Crippen molar-refractivity contribution in [3.05, 3.63) is 58.4 Å². The molecule has 0 aliphatic carbocycles. The van der Waals surface area contributed by atoms with Crippen molar-refractivity contribution in [2.45, 2.75) is 13.8 Å². The lowest BCUT2D eigenvalue weighted by Gasteiger charge is -2.13. The molecule has 0 radical (unpaired) electrons. The van der Waals surface area contributed by atoms with Gasteiger partial charge in [0.1, 0.15) is 5.82 Å². The molecule has 2 aromatic rings. The van der Waals surface area contributed by atoms with Gasteiger partial charge in [-0.2, -0.15) is 0 Å². The lowest BCUT2D eigenvalue weighted by atomic mass is 10.2.